The van der Waals surface area contributed by atoms with Gasteiger partial charge in [-0.1, -0.05) is 42.7 Å². The Morgan fingerprint density at radius 1 is 1.21 bits per heavy atom. The monoisotopic (exact) mass is 255 g/mol. The van der Waals surface area contributed by atoms with Gasteiger partial charge < -0.3 is 0 Å². The van der Waals surface area contributed by atoms with Crippen molar-refractivity contribution in [3.05, 3.63) is 47.0 Å². The maximum atomic E-state index is 4.66. The van der Waals surface area contributed by atoms with E-state index in [-0.39, 0.29) is 0 Å². The van der Waals surface area contributed by atoms with Gasteiger partial charge in [0.25, 0.3) is 0 Å². The lowest BCUT2D eigenvalue weighted by molar-refractivity contribution is 0.671. The molecular formula is C16H21N3. The number of aromatic amines is 1. The summed E-state index contributed by atoms with van der Waals surface area (Å²) < 4.78 is 0. The Balaban J connectivity index is 1.61. The first-order chi connectivity index (χ1) is 9.31. The van der Waals surface area contributed by atoms with Crippen molar-refractivity contribution in [2.75, 3.05) is 0 Å². The highest BCUT2D eigenvalue weighted by atomic mass is 15.2. The van der Waals surface area contributed by atoms with Gasteiger partial charge in [0, 0.05) is 12.3 Å². The van der Waals surface area contributed by atoms with Gasteiger partial charge in [-0.2, -0.15) is 5.10 Å². The van der Waals surface area contributed by atoms with E-state index < -0.39 is 0 Å². The number of aromatic nitrogens is 3. The number of nitrogens with one attached hydrogen (secondary N) is 1. The molecule has 0 unspecified atom stereocenters. The average molecular weight is 255 g/mol. The number of benzene rings is 1. The molecule has 3 rings (SSSR count). The molecule has 19 heavy (non-hydrogen) atoms. The number of H-pyrrole nitrogens is 1. The summed E-state index contributed by atoms with van der Waals surface area (Å²) in [4.78, 5) is 4.66. The molecule has 3 nitrogen and oxygen atoms in total. The molecule has 0 amide bonds. The van der Waals surface area contributed by atoms with Crippen LogP contribution in [-0.2, 0) is 12.8 Å². The van der Waals surface area contributed by atoms with Crippen LogP contribution in [0.25, 0.3) is 0 Å². The molecule has 1 fully saturated rings. The Kier molecular flexibility index (Phi) is 3.62. The molecule has 100 valence electrons. The van der Waals surface area contributed by atoms with E-state index in [0.717, 1.165) is 24.5 Å². The average Bonchev–Trinajstić information content (AvgIpc) is 3.07. The first-order valence-electron chi connectivity index (χ1n) is 7.28. The highest BCUT2D eigenvalue weighted by Gasteiger charge is 2.20. The lowest BCUT2D eigenvalue weighted by atomic mass is 10.1. The minimum Gasteiger partial charge on any atom is -0.263 e. The third kappa shape index (κ3) is 3.03. The van der Waals surface area contributed by atoms with Crippen molar-refractivity contribution >= 4 is 0 Å². The van der Waals surface area contributed by atoms with Crippen LogP contribution in [-0.4, -0.2) is 15.2 Å². The standard InChI is InChI=1S/C16H21N3/c1-12-5-4-6-13(11-12)9-10-15-17-16(19-18-15)14-7-2-3-8-14/h4-6,11,14H,2-3,7-10H2,1H3,(H,17,18,19). The van der Waals surface area contributed by atoms with E-state index in [1.165, 1.54) is 36.8 Å². The van der Waals surface area contributed by atoms with Crippen LogP contribution in [0, 0.1) is 6.92 Å². The minimum absolute atomic E-state index is 0.601. The molecule has 1 aliphatic rings. The van der Waals surface area contributed by atoms with Crippen molar-refractivity contribution in [2.24, 2.45) is 0 Å². The second kappa shape index (κ2) is 5.55. The smallest absolute Gasteiger partial charge is 0.153 e. The second-order valence-electron chi connectivity index (χ2n) is 5.61. The van der Waals surface area contributed by atoms with E-state index in [1.807, 2.05) is 0 Å². The summed E-state index contributed by atoms with van der Waals surface area (Å²) in [7, 11) is 0. The van der Waals surface area contributed by atoms with Crippen LogP contribution in [0.2, 0.25) is 0 Å². The fourth-order valence-corrected chi connectivity index (χ4v) is 2.92. The highest BCUT2D eigenvalue weighted by Crippen LogP contribution is 2.31. The van der Waals surface area contributed by atoms with Crippen LogP contribution in [0.4, 0.5) is 0 Å². The van der Waals surface area contributed by atoms with Gasteiger partial charge in [-0.15, -0.1) is 0 Å². The van der Waals surface area contributed by atoms with Gasteiger partial charge in [0.15, 0.2) is 5.82 Å². The van der Waals surface area contributed by atoms with Crippen LogP contribution in [0.5, 0.6) is 0 Å². The van der Waals surface area contributed by atoms with Crippen LogP contribution in [0.1, 0.15) is 54.4 Å². The maximum absolute atomic E-state index is 4.66. The third-order valence-corrected chi connectivity index (χ3v) is 4.00. The summed E-state index contributed by atoms with van der Waals surface area (Å²) in [6, 6.07) is 8.68. The summed E-state index contributed by atoms with van der Waals surface area (Å²) >= 11 is 0. The molecule has 1 aromatic carbocycles. The summed E-state index contributed by atoms with van der Waals surface area (Å²) in [5.41, 5.74) is 2.69. The number of rotatable bonds is 4. The van der Waals surface area contributed by atoms with Gasteiger partial charge in [-0.3, -0.25) is 5.10 Å². The first-order valence-corrected chi connectivity index (χ1v) is 7.28. The van der Waals surface area contributed by atoms with E-state index in [1.54, 1.807) is 0 Å². The molecule has 0 bridgehead atoms. The molecule has 1 aromatic heterocycles. The summed E-state index contributed by atoms with van der Waals surface area (Å²) in [6.45, 7) is 2.14. The molecule has 0 saturated heterocycles. The number of hydrogen-bond acceptors (Lipinski definition) is 2. The van der Waals surface area contributed by atoms with Crippen molar-refractivity contribution in [3.63, 3.8) is 0 Å². The molecule has 2 aromatic rings. The van der Waals surface area contributed by atoms with E-state index in [9.17, 15) is 0 Å². The number of aryl methyl sites for hydroxylation is 3. The maximum Gasteiger partial charge on any atom is 0.153 e. The Labute approximate surface area is 114 Å². The number of nitrogens with zero attached hydrogens (tertiary/aromatic N) is 2. The zero-order chi connectivity index (χ0) is 13.1. The molecule has 1 aliphatic carbocycles. The molecular weight excluding hydrogens is 234 g/mol. The molecule has 0 atom stereocenters. The zero-order valence-electron chi connectivity index (χ0n) is 11.5. The van der Waals surface area contributed by atoms with Crippen molar-refractivity contribution in [3.8, 4) is 0 Å². The zero-order valence-corrected chi connectivity index (χ0v) is 11.5. The molecule has 3 heteroatoms. The van der Waals surface area contributed by atoms with Gasteiger partial charge in [0.05, 0.1) is 0 Å². The van der Waals surface area contributed by atoms with Gasteiger partial charge in [-0.25, -0.2) is 4.98 Å². The summed E-state index contributed by atoms with van der Waals surface area (Å²) in [6.07, 6.45) is 7.16. The fourth-order valence-electron chi connectivity index (χ4n) is 2.92. The fraction of sp³-hybridized carbons (Fsp3) is 0.500. The predicted molar refractivity (Wildman–Crippen MR) is 76.2 cm³/mol. The van der Waals surface area contributed by atoms with Gasteiger partial charge >= 0.3 is 0 Å². The molecule has 0 spiro atoms. The SMILES string of the molecule is Cc1cccc(CCc2nc(C3CCCC3)n[nH]2)c1. The van der Waals surface area contributed by atoms with Crippen molar-refractivity contribution in [1.82, 2.24) is 15.2 Å². The second-order valence-corrected chi connectivity index (χ2v) is 5.61. The quantitative estimate of drug-likeness (QED) is 0.907. The van der Waals surface area contributed by atoms with E-state index in [0.29, 0.717) is 5.92 Å². The number of hydrogen-bond donors (Lipinski definition) is 1. The lowest BCUT2D eigenvalue weighted by Gasteiger charge is -2.01. The molecule has 1 N–H and O–H groups in total. The predicted octanol–water partition coefficient (Wildman–Crippen LogP) is 3.56. The van der Waals surface area contributed by atoms with Crippen molar-refractivity contribution < 1.29 is 0 Å². The van der Waals surface area contributed by atoms with Crippen molar-refractivity contribution in [1.29, 1.82) is 0 Å². The Morgan fingerprint density at radius 3 is 2.84 bits per heavy atom. The molecule has 1 heterocycles. The summed E-state index contributed by atoms with van der Waals surface area (Å²) in [5, 5.41) is 7.50. The van der Waals surface area contributed by atoms with Crippen LogP contribution < -0.4 is 0 Å². The van der Waals surface area contributed by atoms with Crippen LogP contribution >= 0.6 is 0 Å². The lowest BCUT2D eigenvalue weighted by Crippen LogP contribution is -1.96. The Bertz CT molecular complexity index is 538. The molecule has 1 saturated carbocycles. The first kappa shape index (κ1) is 12.4. The van der Waals surface area contributed by atoms with Crippen LogP contribution in [0.15, 0.2) is 24.3 Å². The van der Waals surface area contributed by atoms with Gasteiger partial charge in [0.1, 0.15) is 5.82 Å². The Morgan fingerprint density at radius 2 is 2.05 bits per heavy atom. The summed E-state index contributed by atoms with van der Waals surface area (Å²) in [5.74, 6) is 2.67. The minimum atomic E-state index is 0.601. The topological polar surface area (TPSA) is 41.6 Å². The van der Waals surface area contributed by atoms with E-state index in [2.05, 4.69) is 46.4 Å². The molecule has 0 radical (unpaired) electrons. The van der Waals surface area contributed by atoms with Gasteiger partial charge in [-0.05, 0) is 31.7 Å². The third-order valence-electron chi connectivity index (χ3n) is 4.00. The Hall–Kier alpha value is -1.64. The van der Waals surface area contributed by atoms with Crippen LogP contribution in [0.3, 0.4) is 0 Å². The molecule has 0 aliphatic heterocycles. The van der Waals surface area contributed by atoms with E-state index >= 15 is 0 Å². The van der Waals surface area contributed by atoms with Crippen molar-refractivity contribution in [2.45, 2.75) is 51.4 Å². The normalized spacial score (nSPS) is 16.1. The van der Waals surface area contributed by atoms with Gasteiger partial charge in [0.2, 0.25) is 0 Å². The largest absolute Gasteiger partial charge is 0.263 e. The van der Waals surface area contributed by atoms with E-state index in [4.69, 9.17) is 0 Å². The highest BCUT2D eigenvalue weighted by molar-refractivity contribution is 5.22.